The molecule has 0 amide bonds. The lowest BCUT2D eigenvalue weighted by atomic mass is 10.3. The molecule has 3 rings (SSSR count). The minimum absolute atomic E-state index is 0.0703. The number of hydrogen-bond donors (Lipinski definition) is 1. The highest BCUT2D eigenvalue weighted by molar-refractivity contribution is 9.10. The van der Waals surface area contributed by atoms with Gasteiger partial charge in [0.1, 0.15) is 16.8 Å². The average molecular weight is 315 g/mol. The lowest BCUT2D eigenvalue weighted by Gasteiger charge is -2.21. The zero-order valence-corrected chi connectivity index (χ0v) is 11.4. The van der Waals surface area contributed by atoms with Crippen LogP contribution in [0.25, 0.3) is 11.5 Å². The summed E-state index contributed by atoms with van der Waals surface area (Å²) in [7, 11) is 0. The van der Waals surface area contributed by atoms with Crippen LogP contribution >= 0.6 is 27.3 Å². The molecule has 0 spiro atoms. The molecule has 0 aliphatic carbocycles. The Kier molecular flexibility index (Phi) is 3.28. The molecule has 17 heavy (non-hydrogen) atoms. The summed E-state index contributed by atoms with van der Waals surface area (Å²) < 4.78 is 11.9. The van der Waals surface area contributed by atoms with Gasteiger partial charge in [-0.2, -0.15) is 0 Å². The Hall–Kier alpha value is -0.690. The van der Waals surface area contributed by atoms with Crippen molar-refractivity contribution in [3.05, 3.63) is 27.2 Å². The molecule has 1 aliphatic heterocycles. The lowest BCUT2D eigenvalue weighted by molar-refractivity contribution is 0.0276. The maximum atomic E-state index is 5.66. The van der Waals surface area contributed by atoms with Gasteiger partial charge in [-0.1, -0.05) is 0 Å². The SMILES string of the molecule is Brc1ccc(-c2csc(C3CNCCO3)n2)o1. The van der Waals surface area contributed by atoms with Crippen LogP contribution in [0.2, 0.25) is 0 Å². The fourth-order valence-corrected chi connectivity index (χ4v) is 2.89. The summed E-state index contributed by atoms with van der Waals surface area (Å²) >= 11 is 4.90. The largest absolute Gasteiger partial charge is 0.448 e. The summed E-state index contributed by atoms with van der Waals surface area (Å²) in [5.74, 6) is 0.781. The molecular formula is C11H11BrN2O2S. The third-order valence-corrected chi connectivity index (χ3v) is 3.91. The summed E-state index contributed by atoms with van der Waals surface area (Å²) in [6.45, 7) is 2.49. The predicted octanol–water partition coefficient (Wildman–Crippen LogP) is 2.83. The second-order valence-corrected chi connectivity index (χ2v) is 5.41. The first-order valence-corrected chi connectivity index (χ1v) is 7.03. The Balaban J connectivity index is 1.82. The monoisotopic (exact) mass is 314 g/mol. The van der Waals surface area contributed by atoms with Crippen molar-refractivity contribution in [2.45, 2.75) is 6.10 Å². The Morgan fingerprint density at radius 2 is 2.41 bits per heavy atom. The number of thiazole rings is 1. The van der Waals surface area contributed by atoms with Crippen LogP contribution in [0.3, 0.4) is 0 Å². The molecule has 1 atom stereocenters. The molecule has 2 aromatic rings. The maximum Gasteiger partial charge on any atom is 0.169 e. The molecule has 0 aromatic carbocycles. The van der Waals surface area contributed by atoms with Gasteiger partial charge in [0.15, 0.2) is 10.4 Å². The quantitative estimate of drug-likeness (QED) is 0.926. The highest BCUT2D eigenvalue weighted by atomic mass is 79.9. The molecular weight excluding hydrogens is 304 g/mol. The Morgan fingerprint density at radius 1 is 1.47 bits per heavy atom. The minimum atomic E-state index is 0.0703. The zero-order chi connectivity index (χ0) is 11.7. The number of rotatable bonds is 2. The maximum absolute atomic E-state index is 5.66. The number of nitrogens with one attached hydrogen (secondary N) is 1. The lowest BCUT2D eigenvalue weighted by Crippen LogP contribution is -2.33. The summed E-state index contributed by atoms with van der Waals surface area (Å²) in [4.78, 5) is 4.56. The van der Waals surface area contributed by atoms with Gasteiger partial charge in [0.25, 0.3) is 0 Å². The van der Waals surface area contributed by atoms with Crippen molar-refractivity contribution < 1.29 is 9.15 Å². The van der Waals surface area contributed by atoms with Crippen LogP contribution in [0.4, 0.5) is 0 Å². The normalized spacial score (nSPS) is 20.6. The highest BCUT2D eigenvalue weighted by Gasteiger charge is 2.20. The average Bonchev–Trinajstić information content (AvgIpc) is 2.98. The third kappa shape index (κ3) is 2.44. The number of morpholine rings is 1. The molecule has 0 saturated carbocycles. The van der Waals surface area contributed by atoms with E-state index in [1.165, 1.54) is 0 Å². The molecule has 90 valence electrons. The van der Waals surface area contributed by atoms with E-state index in [4.69, 9.17) is 9.15 Å². The number of halogens is 1. The summed E-state index contributed by atoms with van der Waals surface area (Å²) in [5.41, 5.74) is 0.866. The Bertz CT molecular complexity index is 505. The van der Waals surface area contributed by atoms with Crippen LogP contribution in [-0.2, 0) is 4.74 Å². The van der Waals surface area contributed by atoms with Gasteiger partial charge in [0.05, 0.1) is 6.61 Å². The van der Waals surface area contributed by atoms with Crippen LogP contribution in [0.1, 0.15) is 11.1 Å². The summed E-state index contributed by atoms with van der Waals surface area (Å²) in [5, 5.41) is 6.30. The molecule has 3 heterocycles. The van der Waals surface area contributed by atoms with Crippen molar-refractivity contribution in [2.75, 3.05) is 19.7 Å². The summed E-state index contributed by atoms with van der Waals surface area (Å²) in [6, 6.07) is 3.77. The smallest absolute Gasteiger partial charge is 0.169 e. The fourth-order valence-electron chi connectivity index (χ4n) is 1.72. The molecule has 1 saturated heterocycles. The van der Waals surface area contributed by atoms with Crippen LogP contribution in [0.5, 0.6) is 0 Å². The van der Waals surface area contributed by atoms with Crippen molar-refractivity contribution >= 4 is 27.3 Å². The number of hydrogen-bond acceptors (Lipinski definition) is 5. The van der Waals surface area contributed by atoms with Crippen LogP contribution in [0, 0.1) is 0 Å². The standard InChI is InChI=1S/C11H11BrN2O2S/c12-10-2-1-8(16-10)7-6-17-11(14-7)9-5-13-3-4-15-9/h1-2,6,9,13H,3-5H2. The van der Waals surface area contributed by atoms with Crippen molar-refractivity contribution in [1.29, 1.82) is 0 Å². The molecule has 1 unspecified atom stereocenters. The fraction of sp³-hybridized carbons (Fsp3) is 0.364. The van der Waals surface area contributed by atoms with Crippen molar-refractivity contribution in [3.63, 3.8) is 0 Å². The highest BCUT2D eigenvalue weighted by Crippen LogP contribution is 2.29. The van der Waals surface area contributed by atoms with Gasteiger partial charge in [0.2, 0.25) is 0 Å². The van der Waals surface area contributed by atoms with E-state index in [0.29, 0.717) is 0 Å². The first-order valence-electron chi connectivity index (χ1n) is 5.36. The van der Waals surface area contributed by atoms with Crippen LogP contribution in [0.15, 0.2) is 26.6 Å². The molecule has 1 N–H and O–H groups in total. The van der Waals surface area contributed by atoms with E-state index in [1.54, 1.807) is 11.3 Å². The molecule has 2 aromatic heterocycles. The van der Waals surface area contributed by atoms with Gasteiger partial charge < -0.3 is 14.5 Å². The van der Waals surface area contributed by atoms with Crippen molar-refractivity contribution in [1.82, 2.24) is 10.3 Å². The molecule has 1 aliphatic rings. The van der Waals surface area contributed by atoms with E-state index in [2.05, 4.69) is 26.2 Å². The van der Waals surface area contributed by atoms with Gasteiger partial charge in [0, 0.05) is 18.5 Å². The number of nitrogens with zero attached hydrogens (tertiary/aromatic N) is 1. The first kappa shape index (κ1) is 11.4. The van der Waals surface area contributed by atoms with E-state index in [9.17, 15) is 0 Å². The van der Waals surface area contributed by atoms with E-state index in [1.807, 2.05) is 17.5 Å². The number of furan rings is 1. The predicted molar refractivity (Wildman–Crippen MR) is 69.1 cm³/mol. The second kappa shape index (κ2) is 4.89. The van der Waals surface area contributed by atoms with Gasteiger partial charge in [-0.15, -0.1) is 11.3 Å². The molecule has 6 heteroatoms. The molecule has 0 bridgehead atoms. The number of aromatic nitrogens is 1. The van der Waals surface area contributed by atoms with Gasteiger partial charge in [-0.3, -0.25) is 0 Å². The first-order chi connectivity index (χ1) is 8.33. The minimum Gasteiger partial charge on any atom is -0.448 e. The van der Waals surface area contributed by atoms with Crippen LogP contribution in [-0.4, -0.2) is 24.7 Å². The molecule has 0 radical (unpaired) electrons. The Morgan fingerprint density at radius 3 is 3.12 bits per heavy atom. The molecule has 1 fully saturated rings. The van der Waals surface area contributed by atoms with Gasteiger partial charge in [-0.05, 0) is 28.1 Å². The van der Waals surface area contributed by atoms with Crippen molar-refractivity contribution in [3.8, 4) is 11.5 Å². The van der Waals surface area contributed by atoms with E-state index in [-0.39, 0.29) is 6.10 Å². The van der Waals surface area contributed by atoms with Crippen LogP contribution < -0.4 is 5.32 Å². The van der Waals surface area contributed by atoms with E-state index < -0.39 is 0 Å². The summed E-state index contributed by atoms with van der Waals surface area (Å²) in [6.07, 6.45) is 0.0703. The van der Waals surface area contributed by atoms with Gasteiger partial charge in [-0.25, -0.2) is 4.98 Å². The number of ether oxygens (including phenoxy) is 1. The Labute approximate surface area is 111 Å². The van der Waals surface area contributed by atoms with E-state index in [0.717, 1.165) is 40.8 Å². The zero-order valence-electron chi connectivity index (χ0n) is 8.98. The second-order valence-electron chi connectivity index (χ2n) is 3.74. The van der Waals surface area contributed by atoms with Gasteiger partial charge >= 0.3 is 0 Å². The third-order valence-electron chi connectivity index (χ3n) is 2.55. The molecule has 4 nitrogen and oxygen atoms in total. The topological polar surface area (TPSA) is 47.3 Å². The van der Waals surface area contributed by atoms with Crippen molar-refractivity contribution in [2.24, 2.45) is 0 Å². The van der Waals surface area contributed by atoms with E-state index >= 15 is 0 Å².